The Balaban J connectivity index is 2.53. The molecule has 2 aromatic heterocycles. The molecule has 3 rings (SSSR count). The molecule has 4 nitrogen and oxygen atoms in total. The van der Waals surface area contributed by atoms with E-state index in [1.54, 1.807) is 11.6 Å². The smallest absolute Gasteiger partial charge is 0.294 e. The van der Waals surface area contributed by atoms with Crippen LogP contribution in [-0.4, -0.2) is 14.5 Å². The number of benzene rings is 1. The standard InChI is InChI=1S/C12H11N3O/c1-7-3-4-9-8(5-7)6-10-11(13-9)14-12(16)15(10)2/h3-6H,1-2H3,(H,13,14,16). The minimum absolute atomic E-state index is 0.130. The number of imidazole rings is 1. The number of rotatable bonds is 0. The summed E-state index contributed by atoms with van der Waals surface area (Å²) in [6.45, 7) is 2.04. The van der Waals surface area contributed by atoms with Gasteiger partial charge in [0.2, 0.25) is 0 Å². The first-order valence-corrected chi connectivity index (χ1v) is 5.11. The van der Waals surface area contributed by atoms with E-state index in [4.69, 9.17) is 0 Å². The molecular formula is C12H11N3O. The SMILES string of the molecule is Cc1ccc2nc3[nH]c(=O)n(C)c3cc2c1. The van der Waals surface area contributed by atoms with Crippen LogP contribution < -0.4 is 5.69 Å². The molecule has 0 aliphatic carbocycles. The van der Waals surface area contributed by atoms with E-state index in [0.717, 1.165) is 16.4 Å². The number of aromatic nitrogens is 3. The normalized spacial score (nSPS) is 11.4. The van der Waals surface area contributed by atoms with Gasteiger partial charge in [0, 0.05) is 12.4 Å². The Kier molecular flexibility index (Phi) is 1.68. The van der Waals surface area contributed by atoms with Gasteiger partial charge in [0.15, 0.2) is 5.65 Å². The van der Waals surface area contributed by atoms with Crippen LogP contribution in [0.2, 0.25) is 0 Å². The van der Waals surface area contributed by atoms with Crippen molar-refractivity contribution in [2.45, 2.75) is 6.92 Å². The number of H-pyrrole nitrogens is 1. The molecule has 2 heterocycles. The maximum Gasteiger partial charge on any atom is 0.327 e. The Morgan fingerprint density at radius 2 is 2.12 bits per heavy atom. The molecule has 0 fully saturated rings. The van der Waals surface area contributed by atoms with Crippen LogP contribution in [0.3, 0.4) is 0 Å². The summed E-state index contributed by atoms with van der Waals surface area (Å²) in [6, 6.07) is 8.04. The lowest BCUT2D eigenvalue weighted by Gasteiger charge is -1.99. The van der Waals surface area contributed by atoms with Gasteiger partial charge in [0.25, 0.3) is 0 Å². The molecule has 0 atom stereocenters. The zero-order chi connectivity index (χ0) is 11.3. The Morgan fingerprint density at radius 3 is 2.94 bits per heavy atom. The van der Waals surface area contributed by atoms with Gasteiger partial charge >= 0.3 is 5.69 Å². The Bertz CT molecular complexity index is 752. The second kappa shape index (κ2) is 2.95. The van der Waals surface area contributed by atoms with Crippen molar-refractivity contribution >= 4 is 22.1 Å². The van der Waals surface area contributed by atoms with Crippen LogP contribution in [-0.2, 0) is 7.05 Å². The Labute approximate surface area is 91.5 Å². The van der Waals surface area contributed by atoms with Crippen LogP contribution in [0.1, 0.15) is 5.56 Å². The summed E-state index contributed by atoms with van der Waals surface area (Å²) in [7, 11) is 1.74. The third-order valence-corrected chi connectivity index (χ3v) is 2.84. The minimum Gasteiger partial charge on any atom is -0.294 e. The summed E-state index contributed by atoms with van der Waals surface area (Å²) in [4.78, 5) is 18.6. The van der Waals surface area contributed by atoms with Crippen LogP contribution >= 0.6 is 0 Å². The topological polar surface area (TPSA) is 50.7 Å². The van der Waals surface area contributed by atoms with Crippen molar-refractivity contribution in [3.05, 3.63) is 40.3 Å². The van der Waals surface area contributed by atoms with E-state index in [9.17, 15) is 4.79 Å². The van der Waals surface area contributed by atoms with Gasteiger partial charge in [-0.05, 0) is 25.1 Å². The van der Waals surface area contributed by atoms with Gasteiger partial charge in [-0.2, -0.15) is 0 Å². The monoisotopic (exact) mass is 213 g/mol. The quantitative estimate of drug-likeness (QED) is 0.618. The predicted molar refractivity (Wildman–Crippen MR) is 63.6 cm³/mol. The highest BCUT2D eigenvalue weighted by atomic mass is 16.1. The number of nitrogens with one attached hydrogen (secondary N) is 1. The van der Waals surface area contributed by atoms with Crippen molar-refractivity contribution < 1.29 is 0 Å². The highest BCUT2D eigenvalue weighted by Crippen LogP contribution is 2.18. The molecule has 0 spiro atoms. The molecule has 0 bridgehead atoms. The summed E-state index contributed by atoms with van der Waals surface area (Å²) in [5.74, 6) is 0. The number of aryl methyl sites for hydroxylation is 2. The third kappa shape index (κ3) is 1.16. The maximum atomic E-state index is 11.5. The average Bonchev–Trinajstić information content (AvgIpc) is 2.52. The lowest BCUT2D eigenvalue weighted by atomic mass is 10.1. The number of fused-ring (bicyclic) bond motifs is 2. The molecule has 0 unspecified atom stereocenters. The molecule has 80 valence electrons. The lowest BCUT2D eigenvalue weighted by Crippen LogP contribution is -2.11. The van der Waals surface area contributed by atoms with Crippen LogP contribution in [0.15, 0.2) is 29.1 Å². The molecular weight excluding hydrogens is 202 g/mol. The molecule has 0 saturated heterocycles. The molecule has 0 aliphatic heterocycles. The lowest BCUT2D eigenvalue weighted by molar-refractivity contribution is 0.892. The van der Waals surface area contributed by atoms with E-state index in [1.165, 1.54) is 5.56 Å². The first kappa shape index (κ1) is 9.15. The summed E-state index contributed by atoms with van der Waals surface area (Å²) in [6.07, 6.45) is 0. The molecule has 16 heavy (non-hydrogen) atoms. The van der Waals surface area contributed by atoms with Crippen molar-refractivity contribution in [2.24, 2.45) is 7.05 Å². The minimum atomic E-state index is -0.130. The Morgan fingerprint density at radius 1 is 1.31 bits per heavy atom. The van der Waals surface area contributed by atoms with E-state index in [0.29, 0.717) is 5.65 Å². The number of aromatic amines is 1. The van der Waals surface area contributed by atoms with E-state index >= 15 is 0 Å². The fraction of sp³-hybridized carbons (Fsp3) is 0.167. The predicted octanol–water partition coefficient (Wildman–Crippen LogP) is 1.72. The fourth-order valence-corrected chi connectivity index (χ4v) is 1.93. The largest absolute Gasteiger partial charge is 0.327 e. The summed E-state index contributed by atoms with van der Waals surface area (Å²) < 4.78 is 1.57. The van der Waals surface area contributed by atoms with E-state index in [1.807, 2.05) is 25.1 Å². The highest BCUT2D eigenvalue weighted by molar-refractivity contribution is 5.89. The van der Waals surface area contributed by atoms with Crippen LogP contribution in [0, 0.1) is 6.92 Å². The number of hydrogen-bond donors (Lipinski definition) is 1. The van der Waals surface area contributed by atoms with Gasteiger partial charge < -0.3 is 0 Å². The first-order chi connectivity index (χ1) is 7.65. The zero-order valence-corrected chi connectivity index (χ0v) is 9.11. The van der Waals surface area contributed by atoms with Crippen molar-refractivity contribution in [1.82, 2.24) is 14.5 Å². The number of pyridine rings is 1. The second-order valence-electron chi connectivity index (χ2n) is 4.04. The van der Waals surface area contributed by atoms with Gasteiger partial charge in [-0.3, -0.25) is 9.55 Å². The van der Waals surface area contributed by atoms with Crippen molar-refractivity contribution in [3.63, 3.8) is 0 Å². The van der Waals surface area contributed by atoms with E-state index < -0.39 is 0 Å². The van der Waals surface area contributed by atoms with Gasteiger partial charge in [0.05, 0.1) is 11.0 Å². The Hall–Kier alpha value is -2.10. The molecule has 0 amide bonds. The molecule has 4 heteroatoms. The van der Waals surface area contributed by atoms with Gasteiger partial charge in [0.1, 0.15) is 0 Å². The van der Waals surface area contributed by atoms with Crippen molar-refractivity contribution in [3.8, 4) is 0 Å². The molecule has 1 N–H and O–H groups in total. The number of nitrogens with zero attached hydrogens (tertiary/aromatic N) is 2. The fourth-order valence-electron chi connectivity index (χ4n) is 1.93. The van der Waals surface area contributed by atoms with E-state index in [2.05, 4.69) is 16.0 Å². The summed E-state index contributed by atoms with van der Waals surface area (Å²) >= 11 is 0. The van der Waals surface area contributed by atoms with Crippen LogP contribution in [0.5, 0.6) is 0 Å². The first-order valence-electron chi connectivity index (χ1n) is 5.11. The second-order valence-corrected chi connectivity index (χ2v) is 4.04. The molecule has 0 radical (unpaired) electrons. The number of hydrogen-bond acceptors (Lipinski definition) is 2. The van der Waals surface area contributed by atoms with Crippen LogP contribution in [0.4, 0.5) is 0 Å². The van der Waals surface area contributed by atoms with Crippen LogP contribution in [0.25, 0.3) is 22.1 Å². The molecule has 1 aromatic carbocycles. The molecule has 0 saturated carbocycles. The third-order valence-electron chi connectivity index (χ3n) is 2.84. The van der Waals surface area contributed by atoms with Crippen molar-refractivity contribution in [2.75, 3.05) is 0 Å². The van der Waals surface area contributed by atoms with Gasteiger partial charge in [-0.25, -0.2) is 9.78 Å². The van der Waals surface area contributed by atoms with Gasteiger partial charge in [-0.15, -0.1) is 0 Å². The van der Waals surface area contributed by atoms with E-state index in [-0.39, 0.29) is 5.69 Å². The zero-order valence-electron chi connectivity index (χ0n) is 9.11. The summed E-state index contributed by atoms with van der Waals surface area (Å²) in [5.41, 5.74) is 3.44. The average molecular weight is 213 g/mol. The molecule has 0 aliphatic rings. The summed E-state index contributed by atoms with van der Waals surface area (Å²) in [5, 5.41) is 1.06. The van der Waals surface area contributed by atoms with Gasteiger partial charge in [-0.1, -0.05) is 11.6 Å². The maximum absolute atomic E-state index is 11.5. The highest BCUT2D eigenvalue weighted by Gasteiger charge is 2.05. The van der Waals surface area contributed by atoms with Crippen molar-refractivity contribution in [1.29, 1.82) is 0 Å². The molecule has 3 aromatic rings.